The molecule has 1 heterocycles. The van der Waals surface area contributed by atoms with E-state index >= 15 is 0 Å². The van der Waals surface area contributed by atoms with Crippen molar-refractivity contribution in [2.75, 3.05) is 12.4 Å². The summed E-state index contributed by atoms with van der Waals surface area (Å²) in [5.74, 6) is -1.07. The monoisotopic (exact) mass is 482 g/mol. The van der Waals surface area contributed by atoms with Crippen LogP contribution in [-0.2, 0) is 19.7 Å². The molecule has 0 atom stereocenters. The maximum Gasteiger partial charge on any atom is 0.339 e. The molecule has 3 amide bonds. The maximum absolute atomic E-state index is 12.7. The lowest BCUT2D eigenvalue weighted by atomic mass is 10.2. The van der Waals surface area contributed by atoms with Gasteiger partial charge in [0, 0.05) is 12.6 Å². The molecule has 1 saturated heterocycles. The Kier molecular flexibility index (Phi) is 6.58. The highest BCUT2D eigenvalue weighted by atomic mass is 35.5. The molecule has 0 bridgehead atoms. The average Bonchev–Trinajstić information content (AvgIpc) is 3.00. The van der Waals surface area contributed by atoms with Crippen LogP contribution >= 0.6 is 23.4 Å². The molecule has 0 spiro atoms. The fourth-order valence-corrected chi connectivity index (χ4v) is 4.49. The fourth-order valence-electron chi connectivity index (χ4n) is 2.54. The van der Waals surface area contributed by atoms with Crippen molar-refractivity contribution in [3.8, 4) is 11.5 Å². The Morgan fingerprint density at radius 1 is 1.19 bits per heavy atom. The van der Waals surface area contributed by atoms with Crippen molar-refractivity contribution in [3.05, 3.63) is 51.9 Å². The Balaban J connectivity index is 1.90. The Hall–Kier alpha value is -3.02. The van der Waals surface area contributed by atoms with Gasteiger partial charge in [0.2, 0.25) is 11.7 Å². The number of rotatable bonds is 6. The number of hydrogen-bond donors (Lipinski definition) is 2. The zero-order chi connectivity index (χ0) is 22.8. The lowest BCUT2D eigenvalue weighted by Crippen LogP contribution is -2.17. The summed E-state index contributed by atoms with van der Waals surface area (Å²) in [5, 5.41) is 4.08. The Bertz CT molecular complexity index is 1210. The number of imide groups is 1. The molecular formula is C19H15ClN2O7S2. The van der Waals surface area contributed by atoms with E-state index in [0.29, 0.717) is 11.3 Å². The molecule has 1 aliphatic rings. The van der Waals surface area contributed by atoms with Crippen LogP contribution in [0.3, 0.4) is 0 Å². The van der Waals surface area contributed by atoms with E-state index in [4.69, 9.17) is 20.5 Å². The van der Waals surface area contributed by atoms with E-state index in [0.717, 1.165) is 11.8 Å². The second-order valence-electron chi connectivity index (χ2n) is 6.13. The molecule has 1 fully saturated rings. The number of nitrogens with one attached hydrogen (secondary N) is 2. The SMILES string of the molecule is COc1cc(/C=C2\SC(=O)NC2=O)cc(Cl)c1OS(=O)(=O)c1ccc(NC(C)=O)cc1. The summed E-state index contributed by atoms with van der Waals surface area (Å²) in [5.41, 5.74) is 0.824. The molecule has 1 aliphatic heterocycles. The molecule has 31 heavy (non-hydrogen) atoms. The van der Waals surface area contributed by atoms with Crippen molar-refractivity contribution in [1.82, 2.24) is 5.32 Å². The van der Waals surface area contributed by atoms with Gasteiger partial charge in [0.1, 0.15) is 4.90 Å². The Labute approximate surface area is 186 Å². The van der Waals surface area contributed by atoms with Gasteiger partial charge in [0.05, 0.1) is 17.0 Å². The molecule has 12 heteroatoms. The molecule has 0 radical (unpaired) electrons. The van der Waals surface area contributed by atoms with E-state index in [1.807, 2.05) is 0 Å². The van der Waals surface area contributed by atoms with E-state index in [9.17, 15) is 22.8 Å². The van der Waals surface area contributed by atoms with Crippen molar-refractivity contribution < 1.29 is 31.7 Å². The predicted molar refractivity (Wildman–Crippen MR) is 116 cm³/mol. The second kappa shape index (κ2) is 9.00. The van der Waals surface area contributed by atoms with Crippen molar-refractivity contribution in [2.24, 2.45) is 0 Å². The molecule has 0 unspecified atom stereocenters. The van der Waals surface area contributed by atoms with Crippen LogP contribution in [0.4, 0.5) is 10.5 Å². The quantitative estimate of drug-likeness (QED) is 0.473. The van der Waals surface area contributed by atoms with Gasteiger partial charge in [-0.25, -0.2) is 0 Å². The topological polar surface area (TPSA) is 128 Å². The first-order chi connectivity index (χ1) is 14.6. The highest BCUT2D eigenvalue weighted by Crippen LogP contribution is 2.39. The van der Waals surface area contributed by atoms with Crippen molar-refractivity contribution >= 4 is 62.3 Å². The predicted octanol–water partition coefficient (Wildman–Crippen LogP) is 3.40. The molecule has 0 aliphatic carbocycles. The van der Waals surface area contributed by atoms with Crippen LogP contribution in [-0.4, -0.2) is 32.6 Å². The highest BCUT2D eigenvalue weighted by Gasteiger charge is 2.26. The van der Waals surface area contributed by atoms with E-state index in [2.05, 4.69) is 10.6 Å². The number of ether oxygens (including phenoxy) is 1. The van der Waals surface area contributed by atoms with E-state index in [-0.39, 0.29) is 32.2 Å². The third-order valence-corrected chi connectivity index (χ3v) is 6.17. The molecular weight excluding hydrogens is 468 g/mol. The standard InChI is InChI=1S/C19H15ClN2O7S2/c1-10(23)21-12-3-5-13(6-4-12)31(26,27)29-17-14(20)7-11(8-15(17)28-2)9-16-18(24)22-19(25)30-16/h3-9H,1-2H3,(H,21,23)(H,22,24,25)/b16-9-. The largest absolute Gasteiger partial charge is 0.493 e. The number of halogens is 1. The van der Waals surface area contributed by atoms with Crippen LogP contribution in [0.1, 0.15) is 12.5 Å². The smallest absolute Gasteiger partial charge is 0.339 e. The van der Waals surface area contributed by atoms with Crippen LogP contribution < -0.4 is 19.6 Å². The third-order valence-electron chi connectivity index (χ3n) is 3.85. The summed E-state index contributed by atoms with van der Waals surface area (Å²) in [4.78, 5) is 34.1. The maximum atomic E-state index is 12.7. The zero-order valence-electron chi connectivity index (χ0n) is 16.1. The van der Waals surface area contributed by atoms with Crippen molar-refractivity contribution in [1.29, 1.82) is 0 Å². The molecule has 9 nitrogen and oxygen atoms in total. The molecule has 162 valence electrons. The van der Waals surface area contributed by atoms with Crippen LogP contribution in [0.2, 0.25) is 5.02 Å². The summed E-state index contributed by atoms with van der Waals surface area (Å²) in [6, 6.07) is 8.16. The summed E-state index contributed by atoms with van der Waals surface area (Å²) in [6.07, 6.45) is 1.42. The number of methoxy groups -OCH3 is 1. The molecule has 2 aromatic rings. The van der Waals surface area contributed by atoms with Gasteiger partial charge in [-0.3, -0.25) is 19.7 Å². The van der Waals surface area contributed by atoms with Crippen LogP contribution in [0.15, 0.2) is 46.2 Å². The molecule has 3 rings (SSSR count). The van der Waals surface area contributed by atoms with Gasteiger partial charge in [0.15, 0.2) is 5.75 Å². The van der Waals surface area contributed by atoms with E-state index in [1.54, 1.807) is 0 Å². The third kappa shape index (κ3) is 5.37. The molecule has 2 aromatic carbocycles. The summed E-state index contributed by atoms with van der Waals surface area (Å²) in [6.45, 7) is 1.33. The lowest BCUT2D eigenvalue weighted by Gasteiger charge is -2.13. The average molecular weight is 483 g/mol. The minimum absolute atomic E-state index is 0.00697. The zero-order valence-corrected chi connectivity index (χ0v) is 18.5. The first kappa shape index (κ1) is 22.7. The number of benzene rings is 2. The molecule has 0 saturated carbocycles. The second-order valence-corrected chi connectivity index (χ2v) is 9.10. The van der Waals surface area contributed by atoms with Crippen LogP contribution in [0.25, 0.3) is 6.08 Å². The highest BCUT2D eigenvalue weighted by molar-refractivity contribution is 8.18. The molecule has 2 N–H and O–H groups in total. The Morgan fingerprint density at radius 3 is 2.42 bits per heavy atom. The van der Waals surface area contributed by atoms with Gasteiger partial charge >= 0.3 is 10.1 Å². The van der Waals surface area contributed by atoms with Gasteiger partial charge in [0.25, 0.3) is 11.1 Å². The minimum atomic E-state index is -4.27. The Morgan fingerprint density at radius 2 is 1.87 bits per heavy atom. The molecule has 0 aromatic heterocycles. The summed E-state index contributed by atoms with van der Waals surface area (Å²) >= 11 is 6.95. The lowest BCUT2D eigenvalue weighted by molar-refractivity contribution is -0.115. The number of thioether (sulfide) groups is 1. The van der Waals surface area contributed by atoms with Crippen molar-refractivity contribution in [2.45, 2.75) is 11.8 Å². The number of hydrogen-bond acceptors (Lipinski definition) is 8. The first-order valence-electron chi connectivity index (χ1n) is 8.53. The van der Waals surface area contributed by atoms with E-state index in [1.165, 1.54) is 56.5 Å². The fraction of sp³-hybridized carbons (Fsp3) is 0.105. The minimum Gasteiger partial charge on any atom is -0.493 e. The summed E-state index contributed by atoms with van der Waals surface area (Å²) < 4.78 is 35.7. The van der Waals surface area contributed by atoms with Gasteiger partial charge in [-0.05, 0) is 59.8 Å². The van der Waals surface area contributed by atoms with Gasteiger partial charge < -0.3 is 14.2 Å². The van der Waals surface area contributed by atoms with Crippen LogP contribution in [0, 0.1) is 0 Å². The van der Waals surface area contributed by atoms with Gasteiger partial charge in [-0.1, -0.05) is 11.6 Å². The van der Waals surface area contributed by atoms with Gasteiger partial charge in [-0.2, -0.15) is 8.42 Å². The summed E-state index contributed by atoms with van der Waals surface area (Å²) in [7, 11) is -2.97. The number of carbonyl (C=O) groups excluding carboxylic acids is 3. The van der Waals surface area contributed by atoms with Crippen molar-refractivity contribution in [3.63, 3.8) is 0 Å². The van der Waals surface area contributed by atoms with E-state index < -0.39 is 21.3 Å². The normalized spacial score (nSPS) is 15.0. The number of anilines is 1. The van der Waals surface area contributed by atoms with Crippen LogP contribution in [0.5, 0.6) is 11.5 Å². The number of amides is 3. The van der Waals surface area contributed by atoms with Gasteiger partial charge in [-0.15, -0.1) is 0 Å². The first-order valence-corrected chi connectivity index (χ1v) is 11.1. The number of carbonyl (C=O) groups is 3.